The summed E-state index contributed by atoms with van der Waals surface area (Å²) < 4.78 is 26.4. The summed E-state index contributed by atoms with van der Waals surface area (Å²) in [6.07, 6.45) is 0.885. The fraction of sp³-hybridized carbons (Fsp3) is 0.190. The third-order valence-electron chi connectivity index (χ3n) is 4.39. The topological polar surface area (TPSA) is 98.1 Å². The SMILES string of the molecule is CCc1ccc(NC(=O)Cn2nc(S(=O)(=O)c3ccc(C)cc3)ccc2=O)cc1. The molecule has 0 aliphatic heterocycles. The number of carbonyl (C=O) groups is 1. The van der Waals surface area contributed by atoms with Gasteiger partial charge < -0.3 is 5.32 Å². The largest absolute Gasteiger partial charge is 0.324 e. The van der Waals surface area contributed by atoms with E-state index in [1.54, 1.807) is 24.3 Å². The molecular weight excluding hydrogens is 390 g/mol. The average Bonchev–Trinajstić information content (AvgIpc) is 2.70. The highest BCUT2D eigenvalue weighted by Crippen LogP contribution is 2.18. The van der Waals surface area contributed by atoms with Gasteiger partial charge in [-0.15, -0.1) is 0 Å². The Hall–Kier alpha value is -3.26. The fourth-order valence-corrected chi connectivity index (χ4v) is 3.87. The molecule has 0 aliphatic rings. The molecule has 1 amide bonds. The maximum atomic E-state index is 12.8. The molecule has 0 aliphatic carbocycles. The molecule has 0 radical (unpaired) electrons. The van der Waals surface area contributed by atoms with Crippen molar-refractivity contribution in [3.05, 3.63) is 82.1 Å². The lowest BCUT2D eigenvalue weighted by molar-refractivity contribution is -0.117. The Labute approximate surface area is 168 Å². The molecule has 0 fully saturated rings. The zero-order valence-corrected chi connectivity index (χ0v) is 16.9. The first-order valence-corrected chi connectivity index (χ1v) is 10.6. The number of benzene rings is 2. The van der Waals surface area contributed by atoms with Gasteiger partial charge in [0.2, 0.25) is 15.7 Å². The van der Waals surface area contributed by atoms with Crippen LogP contribution in [0.25, 0.3) is 0 Å². The lowest BCUT2D eigenvalue weighted by Gasteiger charge is -2.09. The van der Waals surface area contributed by atoms with Gasteiger partial charge in [-0.3, -0.25) is 9.59 Å². The molecule has 0 atom stereocenters. The van der Waals surface area contributed by atoms with Crippen molar-refractivity contribution in [2.24, 2.45) is 0 Å². The maximum absolute atomic E-state index is 12.8. The number of aromatic nitrogens is 2. The highest BCUT2D eigenvalue weighted by atomic mass is 32.2. The van der Waals surface area contributed by atoms with E-state index in [2.05, 4.69) is 10.4 Å². The number of anilines is 1. The molecule has 2 aromatic carbocycles. The Balaban J connectivity index is 1.82. The number of nitrogens with one attached hydrogen (secondary N) is 1. The van der Waals surface area contributed by atoms with E-state index in [4.69, 9.17) is 0 Å². The van der Waals surface area contributed by atoms with Crippen molar-refractivity contribution in [2.45, 2.75) is 36.7 Å². The van der Waals surface area contributed by atoms with Gasteiger partial charge in [0.15, 0.2) is 5.03 Å². The summed E-state index contributed by atoms with van der Waals surface area (Å²) in [5, 5.41) is 6.29. The van der Waals surface area contributed by atoms with E-state index in [1.165, 1.54) is 12.1 Å². The van der Waals surface area contributed by atoms with Crippen LogP contribution in [0.15, 0.2) is 75.4 Å². The number of hydrogen-bond donors (Lipinski definition) is 1. The summed E-state index contributed by atoms with van der Waals surface area (Å²) in [6, 6.07) is 15.9. The number of rotatable bonds is 6. The third-order valence-corrected chi connectivity index (χ3v) is 6.05. The quantitative estimate of drug-likeness (QED) is 0.672. The summed E-state index contributed by atoms with van der Waals surface area (Å²) in [7, 11) is -3.90. The number of amides is 1. The van der Waals surface area contributed by atoms with Crippen LogP contribution in [0.1, 0.15) is 18.1 Å². The zero-order valence-electron chi connectivity index (χ0n) is 16.1. The molecule has 29 heavy (non-hydrogen) atoms. The van der Waals surface area contributed by atoms with E-state index in [0.29, 0.717) is 5.69 Å². The zero-order chi connectivity index (χ0) is 21.0. The van der Waals surface area contributed by atoms with Gasteiger partial charge >= 0.3 is 0 Å². The second kappa shape index (κ2) is 8.40. The minimum Gasteiger partial charge on any atom is -0.324 e. The molecule has 0 bridgehead atoms. The Bertz CT molecular complexity index is 1180. The Kier molecular flexibility index (Phi) is 5.93. The molecule has 1 N–H and O–H groups in total. The van der Waals surface area contributed by atoms with Crippen LogP contribution in [0.3, 0.4) is 0 Å². The Morgan fingerprint density at radius 3 is 2.28 bits per heavy atom. The number of aryl methyl sites for hydroxylation is 2. The third kappa shape index (κ3) is 4.78. The van der Waals surface area contributed by atoms with Crippen LogP contribution in [0.2, 0.25) is 0 Å². The van der Waals surface area contributed by atoms with E-state index < -0.39 is 27.8 Å². The molecule has 150 valence electrons. The summed E-state index contributed by atoms with van der Waals surface area (Å²) in [4.78, 5) is 24.4. The lowest BCUT2D eigenvalue weighted by Crippen LogP contribution is -2.30. The molecule has 0 saturated heterocycles. The summed E-state index contributed by atoms with van der Waals surface area (Å²) in [5.41, 5.74) is 2.08. The molecule has 0 saturated carbocycles. The maximum Gasteiger partial charge on any atom is 0.267 e. The van der Waals surface area contributed by atoms with E-state index >= 15 is 0 Å². The predicted octanol–water partition coefficient (Wildman–Crippen LogP) is 2.59. The standard InChI is InChI=1S/C21H21N3O4S/c1-3-16-6-8-17(9-7-16)22-19(25)14-24-21(26)13-12-20(23-24)29(27,28)18-10-4-15(2)5-11-18/h4-13H,3,14H2,1-2H3,(H,22,25). The molecule has 7 nitrogen and oxygen atoms in total. The van der Waals surface area contributed by atoms with E-state index in [1.807, 2.05) is 26.0 Å². The van der Waals surface area contributed by atoms with Gasteiger partial charge in [-0.2, -0.15) is 5.10 Å². The van der Waals surface area contributed by atoms with Crippen LogP contribution in [0, 0.1) is 6.92 Å². The monoisotopic (exact) mass is 411 g/mol. The van der Waals surface area contributed by atoms with E-state index in [9.17, 15) is 18.0 Å². The highest BCUT2D eigenvalue weighted by Gasteiger charge is 2.21. The molecule has 1 aromatic heterocycles. The van der Waals surface area contributed by atoms with E-state index in [0.717, 1.165) is 34.4 Å². The van der Waals surface area contributed by atoms with Crippen molar-refractivity contribution in [2.75, 3.05) is 5.32 Å². The van der Waals surface area contributed by atoms with Crippen LogP contribution in [-0.4, -0.2) is 24.1 Å². The average molecular weight is 411 g/mol. The van der Waals surface area contributed by atoms with Crippen LogP contribution in [0.4, 0.5) is 5.69 Å². The molecular formula is C21H21N3O4S. The number of hydrogen-bond acceptors (Lipinski definition) is 5. The summed E-state index contributed by atoms with van der Waals surface area (Å²) >= 11 is 0. The molecule has 1 heterocycles. The Morgan fingerprint density at radius 1 is 1.00 bits per heavy atom. The molecule has 3 aromatic rings. The molecule has 0 unspecified atom stereocenters. The first-order chi connectivity index (χ1) is 13.8. The second-order valence-electron chi connectivity index (χ2n) is 6.58. The highest BCUT2D eigenvalue weighted by molar-refractivity contribution is 7.91. The van der Waals surface area contributed by atoms with Crippen LogP contribution < -0.4 is 10.9 Å². The lowest BCUT2D eigenvalue weighted by atomic mass is 10.1. The fourth-order valence-electron chi connectivity index (χ4n) is 2.69. The minimum absolute atomic E-state index is 0.0706. The summed E-state index contributed by atoms with van der Waals surface area (Å²) in [5.74, 6) is -0.478. The van der Waals surface area contributed by atoms with Crippen molar-refractivity contribution >= 4 is 21.4 Å². The van der Waals surface area contributed by atoms with Gasteiger partial charge in [0.1, 0.15) is 6.54 Å². The van der Waals surface area contributed by atoms with Gasteiger partial charge in [0.25, 0.3) is 5.56 Å². The first-order valence-electron chi connectivity index (χ1n) is 9.08. The Morgan fingerprint density at radius 2 is 1.66 bits per heavy atom. The van der Waals surface area contributed by atoms with Gasteiger partial charge in [-0.1, -0.05) is 36.8 Å². The molecule has 3 rings (SSSR count). The molecule has 0 spiro atoms. The van der Waals surface area contributed by atoms with Crippen molar-refractivity contribution in [1.82, 2.24) is 9.78 Å². The van der Waals surface area contributed by atoms with Crippen molar-refractivity contribution < 1.29 is 13.2 Å². The smallest absolute Gasteiger partial charge is 0.267 e. The minimum atomic E-state index is -3.90. The molecule has 8 heteroatoms. The predicted molar refractivity (Wildman–Crippen MR) is 110 cm³/mol. The number of carbonyl (C=O) groups excluding carboxylic acids is 1. The van der Waals surface area contributed by atoms with Crippen molar-refractivity contribution in [1.29, 1.82) is 0 Å². The van der Waals surface area contributed by atoms with Crippen LogP contribution in [0.5, 0.6) is 0 Å². The van der Waals surface area contributed by atoms with Crippen LogP contribution >= 0.6 is 0 Å². The van der Waals surface area contributed by atoms with Crippen molar-refractivity contribution in [3.8, 4) is 0 Å². The first kappa shape index (κ1) is 20.5. The van der Waals surface area contributed by atoms with E-state index in [-0.39, 0.29) is 9.92 Å². The van der Waals surface area contributed by atoms with Gasteiger partial charge in [0, 0.05) is 11.8 Å². The van der Waals surface area contributed by atoms with Gasteiger partial charge in [0.05, 0.1) is 4.90 Å². The van der Waals surface area contributed by atoms with Crippen LogP contribution in [-0.2, 0) is 27.6 Å². The van der Waals surface area contributed by atoms with Crippen molar-refractivity contribution in [3.63, 3.8) is 0 Å². The number of sulfone groups is 1. The second-order valence-corrected chi connectivity index (χ2v) is 8.48. The van der Waals surface area contributed by atoms with Gasteiger partial charge in [-0.05, 0) is 49.2 Å². The normalized spacial score (nSPS) is 11.2. The summed E-state index contributed by atoms with van der Waals surface area (Å²) in [6.45, 7) is 3.48. The number of nitrogens with zero attached hydrogens (tertiary/aromatic N) is 2. The van der Waals surface area contributed by atoms with Gasteiger partial charge in [-0.25, -0.2) is 13.1 Å².